The summed E-state index contributed by atoms with van der Waals surface area (Å²) in [6, 6.07) is -6.75. The fourth-order valence-electron chi connectivity index (χ4n) is 7.43. The topological polar surface area (TPSA) is 394 Å². The molecule has 8 amide bonds. The molecule has 24 nitrogen and oxygen atoms in total. The van der Waals surface area contributed by atoms with E-state index in [1.165, 1.54) is 43.0 Å². The van der Waals surface area contributed by atoms with E-state index >= 15 is 0 Å². The number of rotatable bonds is 28. The lowest BCUT2D eigenvalue weighted by atomic mass is 10.0. The molecule has 1 saturated heterocycles. The van der Waals surface area contributed by atoms with Crippen molar-refractivity contribution in [3.8, 4) is 5.75 Å². The van der Waals surface area contributed by atoms with Gasteiger partial charge in [-0.1, -0.05) is 46.2 Å². The third-order valence-electron chi connectivity index (χ3n) is 11.4. The van der Waals surface area contributed by atoms with Crippen LogP contribution in [0, 0.1) is 11.8 Å². The summed E-state index contributed by atoms with van der Waals surface area (Å²) in [6.07, 6.45) is -1.04. The molecule has 0 aromatic heterocycles. The Morgan fingerprint density at radius 3 is 1.75 bits per heavy atom. The van der Waals surface area contributed by atoms with Gasteiger partial charge in [-0.15, -0.1) is 0 Å². The van der Waals surface area contributed by atoms with Gasteiger partial charge >= 0.3 is 5.97 Å². The number of carboxylic acid groups (broad SMARTS) is 1. The number of phenols is 1. The van der Waals surface area contributed by atoms with Crippen molar-refractivity contribution in [1.29, 1.82) is 0 Å². The molecule has 1 aromatic carbocycles. The minimum Gasteiger partial charge on any atom is -0.508 e. The van der Waals surface area contributed by atoms with Crippen molar-refractivity contribution >= 4 is 53.2 Å². The number of benzene rings is 1. The summed E-state index contributed by atoms with van der Waals surface area (Å²) in [5.41, 5.74) is 11.9. The summed E-state index contributed by atoms with van der Waals surface area (Å²) in [5.74, 6) is -9.07. The van der Waals surface area contributed by atoms with Crippen LogP contribution in [0.5, 0.6) is 5.75 Å². The van der Waals surface area contributed by atoms with Gasteiger partial charge in [0.05, 0.1) is 24.9 Å². The van der Waals surface area contributed by atoms with E-state index in [2.05, 4.69) is 37.2 Å². The van der Waals surface area contributed by atoms with E-state index < -0.39 is 132 Å². The van der Waals surface area contributed by atoms with Gasteiger partial charge in [-0.2, -0.15) is 0 Å². The summed E-state index contributed by atoms with van der Waals surface area (Å²) in [5, 5.41) is 67.1. The lowest BCUT2D eigenvalue weighted by Crippen LogP contribution is -2.62. The molecule has 1 fully saturated rings. The van der Waals surface area contributed by atoms with Gasteiger partial charge in [0.15, 0.2) is 6.04 Å². The van der Waals surface area contributed by atoms with Gasteiger partial charge in [0.1, 0.15) is 48.0 Å². The highest BCUT2D eigenvalue weighted by molar-refractivity contribution is 5.98. The normalized spacial score (nSPS) is 17.9. The van der Waals surface area contributed by atoms with Crippen LogP contribution in [0.15, 0.2) is 24.3 Å². The Labute approximate surface area is 401 Å². The number of likely N-dealkylation sites (tertiary alicyclic amines) is 1. The molecule has 11 atom stereocenters. The molecule has 16 N–H and O–H groups in total. The van der Waals surface area contributed by atoms with E-state index in [9.17, 15) is 68.7 Å². The number of amides is 8. The molecular formula is C45H74N10O14. The number of aromatic hydroxyl groups is 1. The fourth-order valence-corrected chi connectivity index (χ4v) is 7.43. The highest BCUT2D eigenvalue weighted by Gasteiger charge is 2.40. The van der Waals surface area contributed by atoms with Gasteiger partial charge in [0, 0.05) is 13.0 Å². The van der Waals surface area contributed by atoms with E-state index in [0.29, 0.717) is 37.8 Å². The van der Waals surface area contributed by atoms with Gasteiger partial charge in [0.25, 0.3) is 0 Å². The van der Waals surface area contributed by atoms with Crippen LogP contribution in [0.4, 0.5) is 0 Å². The third kappa shape index (κ3) is 18.8. The van der Waals surface area contributed by atoms with Crippen molar-refractivity contribution in [2.75, 3.05) is 19.7 Å². The zero-order valence-electron chi connectivity index (χ0n) is 40.4. The smallest absolute Gasteiger partial charge is 0.328 e. The highest BCUT2D eigenvalue weighted by Crippen LogP contribution is 2.20. The molecule has 0 spiro atoms. The molecule has 0 unspecified atom stereocenters. The van der Waals surface area contributed by atoms with Crippen LogP contribution in [-0.2, 0) is 49.6 Å². The number of aliphatic carboxylic acids is 1. The molecule has 388 valence electrons. The van der Waals surface area contributed by atoms with Gasteiger partial charge in [-0.25, -0.2) is 4.79 Å². The third-order valence-corrected chi connectivity index (χ3v) is 11.4. The Bertz CT molecular complexity index is 1920. The Morgan fingerprint density at radius 2 is 1.22 bits per heavy atom. The Morgan fingerprint density at radius 1 is 0.681 bits per heavy atom. The largest absolute Gasteiger partial charge is 0.508 e. The number of carboxylic acids is 1. The number of nitrogens with zero attached hydrogens (tertiary/aromatic N) is 1. The summed E-state index contributed by atoms with van der Waals surface area (Å²) >= 11 is 0. The zero-order chi connectivity index (χ0) is 52.3. The van der Waals surface area contributed by atoms with Crippen LogP contribution in [-0.4, -0.2) is 170 Å². The maximum atomic E-state index is 13.8. The highest BCUT2D eigenvalue weighted by atomic mass is 16.4. The number of aliphatic hydroxyl groups excluding tert-OH is 3. The minimum absolute atomic E-state index is 0.0684. The second-order valence-electron chi connectivity index (χ2n) is 18.2. The van der Waals surface area contributed by atoms with Gasteiger partial charge in [-0.3, -0.25) is 38.4 Å². The minimum atomic E-state index is -1.76. The number of phenolic OH excluding ortho intramolecular Hbond substituents is 1. The summed E-state index contributed by atoms with van der Waals surface area (Å²) < 4.78 is 0. The van der Waals surface area contributed by atoms with E-state index in [0.717, 1.165) is 6.92 Å². The first-order valence-corrected chi connectivity index (χ1v) is 23.2. The molecule has 1 aliphatic rings. The molecule has 0 aliphatic carbocycles. The average molecular weight is 979 g/mol. The molecule has 1 aromatic rings. The van der Waals surface area contributed by atoms with Crippen molar-refractivity contribution in [3.63, 3.8) is 0 Å². The van der Waals surface area contributed by atoms with Crippen molar-refractivity contribution in [2.24, 2.45) is 23.3 Å². The Balaban J connectivity index is 2.18. The monoisotopic (exact) mass is 979 g/mol. The predicted octanol–water partition coefficient (Wildman–Crippen LogP) is -3.66. The molecule has 1 heterocycles. The number of unbranched alkanes of at least 4 members (excludes halogenated alkanes) is 1. The first-order valence-electron chi connectivity index (χ1n) is 23.2. The maximum absolute atomic E-state index is 13.8. The van der Waals surface area contributed by atoms with Crippen LogP contribution in [0.1, 0.15) is 92.6 Å². The first kappa shape index (κ1) is 59.2. The zero-order valence-corrected chi connectivity index (χ0v) is 40.4. The van der Waals surface area contributed by atoms with Crippen LogP contribution in [0.2, 0.25) is 0 Å². The van der Waals surface area contributed by atoms with Crippen LogP contribution in [0.3, 0.4) is 0 Å². The fraction of sp³-hybridized carbons (Fsp3) is 0.667. The molecule has 69 heavy (non-hydrogen) atoms. The molecule has 0 bridgehead atoms. The molecule has 24 heteroatoms. The molecule has 1 aliphatic heterocycles. The molecule has 0 saturated carbocycles. The Kier molecular flexibility index (Phi) is 24.5. The summed E-state index contributed by atoms with van der Waals surface area (Å²) in [7, 11) is 0. The lowest BCUT2D eigenvalue weighted by molar-refractivity contribution is -0.145. The van der Waals surface area contributed by atoms with Crippen LogP contribution in [0.25, 0.3) is 0 Å². The second-order valence-corrected chi connectivity index (χ2v) is 18.2. The average Bonchev–Trinajstić information content (AvgIpc) is 3.77. The number of hydrogen-bond donors (Lipinski definition) is 14. The standard InChI is InChI=1S/C45H74N10O14/c1-22(2)19-30(49-37(60)29(47)11-8-9-17-46)38(61)51-32(21-56)40(63)48-24(5)44(67)55-18-10-12-33(55)41(64)52-34(23(3)4)42(65)53-35(25(6)57)43(66)50-31(20-27-13-15-28(59)16-14-27)39(62)54-36(26(7)58)45(68)69/h13-16,22-26,29-36,56-59H,8-12,17-21,46-47H2,1-7H3,(H,48,63)(H,49,60)(H,50,66)(H,51,61)(H,52,64)(H,53,65)(H,54,62)(H,68,69)/t24-,25+,26+,29-,30-,31-,32-,33-,34-,35-,36-/m0/s1. The molecule has 0 radical (unpaired) electrons. The quantitative estimate of drug-likeness (QED) is 0.0360. The molecular weight excluding hydrogens is 905 g/mol. The number of carbonyl (C=O) groups excluding carboxylic acids is 8. The summed E-state index contributed by atoms with van der Waals surface area (Å²) in [6.45, 7) is 10.1. The van der Waals surface area contributed by atoms with Gasteiger partial charge in [-0.05, 0) is 89.0 Å². The number of nitrogens with one attached hydrogen (secondary N) is 7. The molecule has 2 rings (SSSR count). The summed E-state index contributed by atoms with van der Waals surface area (Å²) in [4.78, 5) is 121. The number of hydrogen-bond acceptors (Lipinski definition) is 15. The predicted molar refractivity (Wildman–Crippen MR) is 249 cm³/mol. The SMILES string of the molecule is CC(C)C[C@H](NC(=O)[C@@H](N)CCCCN)C(=O)N[C@@H](CO)C(=O)N[C@@H](C)C(=O)N1CCC[C@H]1C(=O)N[C@H](C(=O)N[C@H](C(=O)N[C@@H](Cc1ccc(O)cc1)C(=O)N[C@H](C(=O)O)[C@@H](C)O)[C@@H](C)O)C(C)C. The maximum Gasteiger partial charge on any atom is 0.328 e. The van der Waals surface area contributed by atoms with E-state index in [1.807, 2.05) is 13.8 Å². The van der Waals surface area contributed by atoms with E-state index in [4.69, 9.17) is 11.5 Å². The lowest BCUT2D eigenvalue weighted by Gasteiger charge is -2.31. The van der Waals surface area contributed by atoms with Crippen molar-refractivity contribution in [2.45, 2.75) is 160 Å². The second kappa shape index (κ2) is 28.5. The van der Waals surface area contributed by atoms with Crippen molar-refractivity contribution in [1.82, 2.24) is 42.1 Å². The number of nitrogens with two attached hydrogens (primary N) is 2. The number of aliphatic hydroxyl groups is 3. The van der Waals surface area contributed by atoms with E-state index in [-0.39, 0.29) is 37.5 Å². The Hall–Kier alpha value is -5.95. The van der Waals surface area contributed by atoms with Crippen LogP contribution < -0.4 is 48.7 Å². The van der Waals surface area contributed by atoms with Gasteiger partial charge < -0.3 is 79.1 Å². The van der Waals surface area contributed by atoms with Crippen molar-refractivity contribution in [3.05, 3.63) is 29.8 Å². The number of carbonyl (C=O) groups is 9. The van der Waals surface area contributed by atoms with Crippen molar-refractivity contribution < 1.29 is 68.7 Å². The van der Waals surface area contributed by atoms with E-state index in [1.54, 1.807) is 13.8 Å². The van der Waals surface area contributed by atoms with Crippen LogP contribution >= 0.6 is 0 Å². The van der Waals surface area contributed by atoms with Gasteiger partial charge in [0.2, 0.25) is 47.3 Å². The first-order chi connectivity index (χ1) is 32.3.